The zero-order valence-corrected chi connectivity index (χ0v) is 12.0. The molecule has 1 saturated heterocycles. The molecule has 20 heavy (non-hydrogen) atoms. The van der Waals surface area contributed by atoms with Gasteiger partial charge in [0.25, 0.3) is 0 Å². The van der Waals surface area contributed by atoms with E-state index in [1.165, 1.54) is 0 Å². The Morgan fingerprint density at radius 2 is 2.20 bits per heavy atom. The number of nitriles is 1. The first-order valence-corrected chi connectivity index (χ1v) is 6.93. The molecule has 1 aliphatic heterocycles. The summed E-state index contributed by atoms with van der Waals surface area (Å²) in [6.45, 7) is 5.91. The summed E-state index contributed by atoms with van der Waals surface area (Å²) in [4.78, 5) is 13.8. The monoisotopic (exact) mass is 272 g/mol. The van der Waals surface area contributed by atoms with Gasteiger partial charge < -0.3 is 5.11 Å². The summed E-state index contributed by atoms with van der Waals surface area (Å²) in [7, 11) is 0. The second-order valence-electron chi connectivity index (χ2n) is 5.85. The van der Waals surface area contributed by atoms with Gasteiger partial charge in [-0.25, -0.2) is 0 Å². The first-order chi connectivity index (χ1) is 9.49. The van der Waals surface area contributed by atoms with Crippen molar-refractivity contribution in [1.29, 1.82) is 5.26 Å². The maximum Gasteiger partial charge on any atom is 0.311 e. The predicted octanol–water partition coefficient (Wildman–Crippen LogP) is 2.49. The number of hydrogen-bond donors (Lipinski definition) is 1. The van der Waals surface area contributed by atoms with Gasteiger partial charge in [-0.15, -0.1) is 0 Å². The van der Waals surface area contributed by atoms with Crippen LogP contribution in [0.1, 0.15) is 31.4 Å². The molecular weight excluding hydrogens is 252 g/mol. The molecule has 0 radical (unpaired) electrons. The first kappa shape index (κ1) is 14.5. The number of rotatable bonds is 4. The third-order valence-electron chi connectivity index (χ3n) is 4.44. The Balaban J connectivity index is 2.14. The summed E-state index contributed by atoms with van der Waals surface area (Å²) < 4.78 is 0. The summed E-state index contributed by atoms with van der Waals surface area (Å²) in [6, 6.07) is 9.70. The fraction of sp³-hybridized carbons (Fsp3) is 0.500. The number of hydrogen-bond acceptors (Lipinski definition) is 3. The van der Waals surface area contributed by atoms with Crippen LogP contribution in [0.15, 0.2) is 24.3 Å². The first-order valence-electron chi connectivity index (χ1n) is 6.93. The van der Waals surface area contributed by atoms with Gasteiger partial charge in [-0.05, 0) is 30.5 Å². The Bertz CT molecular complexity index is 548. The predicted molar refractivity (Wildman–Crippen MR) is 76.0 cm³/mol. The van der Waals surface area contributed by atoms with Crippen LogP contribution in [0.5, 0.6) is 0 Å². The zero-order chi connectivity index (χ0) is 14.8. The number of carboxylic acids is 1. The Labute approximate surface area is 119 Å². The molecule has 1 aromatic carbocycles. The molecule has 1 fully saturated rings. The molecule has 4 nitrogen and oxygen atoms in total. The summed E-state index contributed by atoms with van der Waals surface area (Å²) in [5.74, 6) is -0.597. The highest BCUT2D eigenvalue weighted by Gasteiger charge is 2.47. The Morgan fingerprint density at radius 3 is 2.75 bits per heavy atom. The van der Waals surface area contributed by atoms with E-state index < -0.39 is 11.4 Å². The van der Waals surface area contributed by atoms with E-state index in [1.54, 1.807) is 6.07 Å². The van der Waals surface area contributed by atoms with Gasteiger partial charge in [0.05, 0.1) is 17.0 Å². The maximum atomic E-state index is 11.6. The lowest BCUT2D eigenvalue weighted by atomic mass is 9.76. The Morgan fingerprint density at radius 1 is 1.50 bits per heavy atom. The molecule has 1 atom stereocenters. The summed E-state index contributed by atoms with van der Waals surface area (Å²) in [6.07, 6.45) is 0.675. The molecule has 0 saturated carbocycles. The minimum Gasteiger partial charge on any atom is -0.481 e. The minimum absolute atomic E-state index is 0.108. The summed E-state index contributed by atoms with van der Waals surface area (Å²) >= 11 is 0. The smallest absolute Gasteiger partial charge is 0.311 e. The highest BCUT2D eigenvalue weighted by atomic mass is 16.4. The number of aliphatic carboxylic acids is 1. The maximum absolute atomic E-state index is 11.6. The van der Waals surface area contributed by atoms with Crippen molar-refractivity contribution in [2.45, 2.75) is 26.8 Å². The lowest BCUT2D eigenvalue weighted by Gasteiger charge is -2.29. The fourth-order valence-electron chi connectivity index (χ4n) is 2.95. The van der Waals surface area contributed by atoms with E-state index in [0.717, 1.165) is 12.1 Å². The summed E-state index contributed by atoms with van der Waals surface area (Å²) in [5.41, 5.74) is 0.992. The van der Waals surface area contributed by atoms with Crippen LogP contribution in [-0.2, 0) is 11.3 Å². The Kier molecular flexibility index (Phi) is 4.10. The van der Waals surface area contributed by atoms with Crippen LogP contribution in [0.2, 0.25) is 0 Å². The molecule has 2 rings (SSSR count). The average Bonchev–Trinajstić information content (AvgIpc) is 2.85. The molecule has 0 spiro atoms. The topological polar surface area (TPSA) is 64.3 Å². The standard InChI is InChI=1S/C16H20N2O2/c1-12(2)16(15(19)20)7-8-18(11-16)10-14-6-4-3-5-13(14)9-17/h3-6,12H,7-8,10-11H2,1-2H3,(H,19,20). The van der Waals surface area contributed by atoms with Crippen molar-refractivity contribution >= 4 is 5.97 Å². The highest BCUT2D eigenvalue weighted by molar-refractivity contribution is 5.75. The molecule has 1 aliphatic rings. The zero-order valence-electron chi connectivity index (χ0n) is 12.0. The Hall–Kier alpha value is -1.86. The average molecular weight is 272 g/mol. The molecule has 1 N–H and O–H groups in total. The molecule has 4 heteroatoms. The van der Waals surface area contributed by atoms with Crippen molar-refractivity contribution in [3.8, 4) is 6.07 Å². The molecule has 1 aromatic rings. The van der Waals surface area contributed by atoms with Crippen molar-refractivity contribution in [2.75, 3.05) is 13.1 Å². The number of carboxylic acid groups (broad SMARTS) is 1. The molecule has 1 heterocycles. The number of likely N-dealkylation sites (tertiary alicyclic amines) is 1. The van der Waals surface area contributed by atoms with Gasteiger partial charge in [0.15, 0.2) is 0 Å². The van der Waals surface area contributed by atoms with Crippen molar-refractivity contribution in [3.63, 3.8) is 0 Å². The van der Waals surface area contributed by atoms with E-state index in [0.29, 0.717) is 25.1 Å². The van der Waals surface area contributed by atoms with Crippen LogP contribution < -0.4 is 0 Å². The van der Waals surface area contributed by atoms with Crippen LogP contribution in [0.4, 0.5) is 0 Å². The minimum atomic E-state index is -0.705. The second-order valence-corrected chi connectivity index (χ2v) is 5.85. The quantitative estimate of drug-likeness (QED) is 0.914. The third kappa shape index (κ3) is 2.54. The molecule has 0 amide bonds. The normalized spacial score (nSPS) is 22.9. The SMILES string of the molecule is CC(C)C1(C(=O)O)CCN(Cc2ccccc2C#N)C1. The third-order valence-corrected chi connectivity index (χ3v) is 4.44. The van der Waals surface area contributed by atoms with Gasteiger partial charge in [-0.3, -0.25) is 9.69 Å². The van der Waals surface area contributed by atoms with Crippen molar-refractivity contribution in [1.82, 2.24) is 4.90 Å². The van der Waals surface area contributed by atoms with Gasteiger partial charge in [0.2, 0.25) is 0 Å². The number of carbonyl (C=O) groups is 1. The van der Waals surface area contributed by atoms with Crippen LogP contribution in [0.25, 0.3) is 0 Å². The highest BCUT2D eigenvalue weighted by Crippen LogP contribution is 2.38. The summed E-state index contributed by atoms with van der Waals surface area (Å²) in [5, 5.41) is 18.6. The molecule has 106 valence electrons. The van der Waals surface area contributed by atoms with E-state index >= 15 is 0 Å². The van der Waals surface area contributed by atoms with Crippen LogP contribution in [-0.4, -0.2) is 29.1 Å². The molecule has 0 aliphatic carbocycles. The van der Waals surface area contributed by atoms with Gasteiger partial charge >= 0.3 is 5.97 Å². The van der Waals surface area contributed by atoms with Crippen molar-refractivity contribution < 1.29 is 9.90 Å². The van der Waals surface area contributed by atoms with Gasteiger partial charge in [-0.1, -0.05) is 32.0 Å². The van der Waals surface area contributed by atoms with E-state index in [9.17, 15) is 9.90 Å². The van der Waals surface area contributed by atoms with Crippen LogP contribution in [0.3, 0.4) is 0 Å². The largest absolute Gasteiger partial charge is 0.481 e. The number of nitrogens with zero attached hydrogens (tertiary/aromatic N) is 2. The molecular formula is C16H20N2O2. The van der Waals surface area contributed by atoms with Gasteiger partial charge in [0, 0.05) is 13.1 Å². The van der Waals surface area contributed by atoms with Crippen LogP contribution in [0, 0.1) is 22.7 Å². The van der Waals surface area contributed by atoms with E-state index in [2.05, 4.69) is 11.0 Å². The van der Waals surface area contributed by atoms with Gasteiger partial charge in [-0.2, -0.15) is 5.26 Å². The number of benzene rings is 1. The lowest BCUT2D eigenvalue weighted by Crippen LogP contribution is -2.39. The van der Waals surface area contributed by atoms with E-state index in [-0.39, 0.29) is 5.92 Å². The second kappa shape index (κ2) is 5.64. The van der Waals surface area contributed by atoms with Crippen molar-refractivity contribution in [2.24, 2.45) is 11.3 Å². The van der Waals surface area contributed by atoms with E-state index in [1.807, 2.05) is 32.0 Å². The van der Waals surface area contributed by atoms with Crippen molar-refractivity contribution in [3.05, 3.63) is 35.4 Å². The van der Waals surface area contributed by atoms with Crippen LogP contribution >= 0.6 is 0 Å². The molecule has 0 bridgehead atoms. The fourth-order valence-corrected chi connectivity index (χ4v) is 2.95. The molecule has 0 aromatic heterocycles. The van der Waals surface area contributed by atoms with Gasteiger partial charge in [0.1, 0.15) is 0 Å². The lowest BCUT2D eigenvalue weighted by molar-refractivity contribution is -0.151. The molecule has 1 unspecified atom stereocenters. The van der Waals surface area contributed by atoms with E-state index in [4.69, 9.17) is 5.26 Å².